The molecule has 0 aliphatic rings. The fourth-order valence-corrected chi connectivity index (χ4v) is 6.11. The van der Waals surface area contributed by atoms with Gasteiger partial charge in [-0.05, 0) is 76.5 Å². The van der Waals surface area contributed by atoms with Crippen LogP contribution in [-0.2, 0) is 14.6 Å². The van der Waals surface area contributed by atoms with Gasteiger partial charge in [0.25, 0.3) is 5.91 Å². The number of methoxy groups -OCH3 is 1. The molecule has 3 aromatic carbocycles. The van der Waals surface area contributed by atoms with E-state index in [1.54, 1.807) is 13.2 Å². The number of aromatic nitrogens is 2. The molecule has 1 amide bonds. The summed E-state index contributed by atoms with van der Waals surface area (Å²) in [5.74, 6) is -2.40. The van der Waals surface area contributed by atoms with Gasteiger partial charge in [0.2, 0.25) is 9.84 Å². The minimum absolute atomic E-state index is 0.0964. The van der Waals surface area contributed by atoms with Crippen LogP contribution in [0.3, 0.4) is 0 Å². The molecule has 1 heterocycles. The van der Waals surface area contributed by atoms with Crippen molar-refractivity contribution in [3.8, 4) is 0 Å². The Morgan fingerprint density at radius 3 is 2.35 bits per heavy atom. The van der Waals surface area contributed by atoms with Crippen LogP contribution in [0.15, 0.2) is 64.4 Å². The van der Waals surface area contributed by atoms with Crippen molar-refractivity contribution in [2.75, 3.05) is 56.9 Å². The van der Waals surface area contributed by atoms with E-state index in [9.17, 15) is 22.0 Å². The predicted octanol–water partition coefficient (Wildman–Crippen LogP) is 4.76. The summed E-state index contributed by atoms with van der Waals surface area (Å²) >= 11 is 0. The van der Waals surface area contributed by atoms with Gasteiger partial charge in [0.05, 0.1) is 27.5 Å². The standard InChI is InChI=1S/C30H36F2N6O4S/c1-18(17-42-6)33-28-14-22(38(5)19(2)16-37(3)4)7-9-25(28)30(39)34-29-26-15-23(8-10-27(26)35-36-29)43(40,41)24-12-20(31)11-21(32)13-24/h7-15,18-19,33H,16-17H2,1-6H3,(H2,34,35,36,39)/t18-,19?/m0/s1. The molecule has 0 aliphatic heterocycles. The number of halogens is 2. The van der Waals surface area contributed by atoms with Gasteiger partial charge in [-0.3, -0.25) is 9.89 Å². The fraction of sp³-hybridized carbons (Fsp3) is 0.333. The van der Waals surface area contributed by atoms with Gasteiger partial charge in [-0.25, -0.2) is 17.2 Å². The lowest BCUT2D eigenvalue weighted by molar-refractivity contribution is 0.102. The van der Waals surface area contributed by atoms with E-state index in [1.807, 2.05) is 40.2 Å². The van der Waals surface area contributed by atoms with Gasteiger partial charge in [0, 0.05) is 55.6 Å². The zero-order chi connectivity index (χ0) is 31.5. The van der Waals surface area contributed by atoms with Crippen LogP contribution in [0.5, 0.6) is 0 Å². The number of benzene rings is 3. The van der Waals surface area contributed by atoms with Crippen LogP contribution < -0.4 is 15.5 Å². The number of sulfone groups is 1. The Bertz CT molecular complexity index is 1710. The molecule has 10 nitrogen and oxygen atoms in total. The Hall–Kier alpha value is -4.07. The van der Waals surface area contributed by atoms with Crippen molar-refractivity contribution in [3.63, 3.8) is 0 Å². The SMILES string of the molecule is COC[C@H](C)Nc1cc(N(C)C(C)CN(C)C)ccc1C(=O)Nc1n[nH]c2ccc(S(=O)(=O)c3cc(F)cc(F)c3)cc12. The first-order valence-corrected chi connectivity index (χ1v) is 15.1. The summed E-state index contributed by atoms with van der Waals surface area (Å²) in [5.41, 5.74) is 2.29. The van der Waals surface area contributed by atoms with E-state index < -0.39 is 32.3 Å². The average molecular weight is 615 g/mol. The smallest absolute Gasteiger partial charge is 0.258 e. The van der Waals surface area contributed by atoms with Crippen molar-refractivity contribution < 1.29 is 26.7 Å². The number of fused-ring (bicyclic) bond motifs is 1. The van der Waals surface area contributed by atoms with Crippen LogP contribution in [-0.4, -0.2) is 82.9 Å². The summed E-state index contributed by atoms with van der Waals surface area (Å²) in [6.07, 6.45) is 0. The van der Waals surface area contributed by atoms with Crippen LogP contribution in [0.2, 0.25) is 0 Å². The van der Waals surface area contributed by atoms with Crippen LogP contribution in [0.1, 0.15) is 24.2 Å². The highest BCUT2D eigenvalue weighted by atomic mass is 32.2. The van der Waals surface area contributed by atoms with E-state index in [-0.39, 0.29) is 22.8 Å². The van der Waals surface area contributed by atoms with E-state index in [0.29, 0.717) is 34.8 Å². The Balaban J connectivity index is 1.67. The summed E-state index contributed by atoms with van der Waals surface area (Å²) in [7, 11) is 3.34. The lowest BCUT2D eigenvalue weighted by atomic mass is 10.1. The lowest BCUT2D eigenvalue weighted by Gasteiger charge is -2.30. The molecule has 0 spiro atoms. The highest BCUT2D eigenvalue weighted by Gasteiger charge is 2.23. The number of aromatic amines is 1. The van der Waals surface area contributed by atoms with Gasteiger partial charge in [0.1, 0.15) is 11.6 Å². The summed E-state index contributed by atoms with van der Waals surface area (Å²) < 4.78 is 59.2. The maximum absolute atomic E-state index is 13.8. The second-order valence-corrected chi connectivity index (χ2v) is 12.7. The molecule has 13 heteroatoms. The third kappa shape index (κ3) is 7.29. The molecular formula is C30H36F2N6O4S. The molecule has 3 N–H and O–H groups in total. The monoisotopic (exact) mass is 614 g/mol. The molecule has 2 atom stereocenters. The third-order valence-corrected chi connectivity index (χ3v) is 8.72. The van der Waals surface area contributed by atoms with Gasteiger partial charge in [0.15, 0.2) is 5.82 Å². The molecular weight excluding hydrogens is 578 g/mol. The van der Waals surface area contributed by atoms with E-state index in [4.69, 9.17) is 4.74 Å². The quantitative estimate of drug-likeness (QED) is 0.209. The first-order chi connectivity index (χ1) is 20.3. The second-order valence-electron chi connectivity index (χ2n) is 10.8. The number of amides is 1. The number of carbonyl (C=O) groups excluding carboxylic acids is 1. The van der Waals surface area contributed by atoms with Crippen molar-refractivity contribution in [1.29, 1.82) is 0 Å². The Morgan fingerprint density at radius 2 is 1.70 bits per heavy atom. The Labute approximate surface area is 249 Å². The average Bonchev–Trinajstić information content (AvgIpc) is 3.33. The molecule has 0 saturated carbocycles. The van der Waals surface area contributed by atoms with E-state index in [0.717, 1.165) is 24.4 Å². The van der Waals surface area contributed by atoms with Crippen LogP contribution in [0.25, 0.3) is 10.9 Å². The van der Waals surface area contributed by atoms with Crippen LogP contribution >= 0.6 is 0 Å². The molecule has 230 valence electrons. The van der Waals surface area contributed by atoms with Crippen molar-refractivity contribution >= 4 is 43.8 Å². The molecule has 0 aliphatic carbocycles. The number of hydrogen-bond donors (Lipinski definition) is 3. The van der Waals surface area contributed by atoms with Crippen molar-refractivity contribution in [2.45, 2.75) is 35.7 Å². The van der Waals surface area contributed by atoms with Gasteiger partial charge in [-0.15, -0.1) is 0 Å². The van der Waals surface area contributed by atoms with Gasteiger partial charge >= 0.3 is 0 Å². The molecule has 4 aromatic rings. The van der Waals surface area contributed by atoms with E-state index in [2.05, 4.69) is 37.6 Å². The first kappa shape index (κ1) is 31.9. The minimum Gasteiger partial charge on any atom is -0.383 e. The topological polar surface area (TPSA) is 120 Å². The number of H-pyrrole nitrogens is 1. The Morgan fingerprint density at radius 1 is 1.00 bits per heavy atom. The number of nitrogens with zero attached hydrogens (tertiary/aromatic N) is 3. The number of nitrogens with one attached hydrogen (secondary N) is 3. The molecule has 43 heavy (non-hydrogen) atoms. The number of anilines is 3. The van der Waals surface area contributed by atoms with Gasteiger partial charge in [-0.1, -0.05) is 0 Å². The normalized spacial score (nSPS) is 13.2. The summed E-state index contributed by atoms with van der Waals surface area (Å²) in [4.78, 5) is 17.1. The molecule has 0 radical (unpaired) electrons. The maximum Gasteiger partial charge on any atom is 0.258 e. The highest BCUT2D eigenvalue weighted by molar-refractivity contribution is 7.91. The molecule has 0 fully saturated rings. The number of rotatable bonds is 12. The lowest BCUT2D eigenvalue weighted by Crippen LogP contribution is -2.37. The number of likely N-dealkylation sites (N-methyl/N-ethyl adjacent to an activating group) is 2. The molecule has 1 unspecified atom stereocenters. The van der Waals surface area contributed by atoms with Crippen molar-refractivity contribution in [3.05, 3.63) is 71.8 Å². The highest BCUT2D eigenvalue weighted by Crippen LogP contribution is 2.30. The summed E-state index contributed by atoms with van der Waals surface area (Å²) in [5, 5.41) is 13.4. The third-order valence-electron chi connectivity index (χ3n) is 6.99. The molecule has 0 bridgehead atoms. The van der Waals surface area contributed by atoms with E-state index in [1.165, 1.54) is 18.2 Å². The van der Waals surface area contributed by atoms with Crippen LogP contribution in [0, 0.1) is 11.6 Å². The predicted molar refractivity (Wildman–Crippen MR) is 164 cm³/mol. The van der Waals surface area contributed by atoms with Crippen LogP contribution in [0.4, 0.5) is 26.0 Å². The van der Waals surface area contributed by atoms with Gasteiger partial charge < -0.3 is 25.2 Å². The largest absolute Gasteiger partial charge is 0.383 e. The number of ether oxygens (including phenoxy) is 1. The molecule has 4 rings (SSSR count). The molecule has 0 saturated heterocycles. The fourth-order valence-electron chi connectivity index (χ4n) is 4.78. The Kier molecular flexibility index (Phi) is 9.68. The summed E-state index contributed by atoms with van der Waals surface area (Å²) in [6, 6.07) is 11.7. The first-order valence-electron chi connectivity index (χ1n) is 13.6. The second kappa shape index (κ2) is 13.1. The molecule has 1 aromatic heterocycles. The zero-order valence-corrected chi connectivity index (χ0v) is 25.7. The number of hydrogen-bond acceptors (Lipinski definition) is 8. The van der Waals surface area contributed by atoms with Crippen molar-refractivity contribution in [2.24, 2.45) is 0 Å². The van der Waals surface area contributed by atoms with Crippen molar-refractivity contribution in [1.82, 2.24) is 15.1 Å². The van der Waals surface area contributed by atoms with Gasteiger partial charge in [-0.2, -0.15) is 5.10 Å². The maximum atomic E-state index is 13.8. The minimum atomic E-state index is -4.27. The number of carbonyl (C=O) groups is 1. The van der Waals surface area contributed by atoms with E-state index >= 15 is 0 Å². The zero-order valence-electron chi connectivity index (χ0n) is 24.9. The summed E-state index contributed by atoms with van der Waals surface area (Å²) in [6.45, 7) is 5.29.